The number of piperidine rings is 1. The fourth-order valence-corrected chi connectivity index (χ4v) is 5.73. The van der Waals surface area contributed by atoms with Gasteiger partial charge in [0.1, 0.15) is 11.4 Å². The largest absolute Gasteiger partial charge is 0.487 e. The molecule has 2 nitrogen and oxygen atoms in total. The van der Waals surface area contributed by atoms with Crippen molar-refractivity contribution in [2.75, 3.05) is 0 Å². The lowest BCUT2D eigenvalue weighted by Crippen LogP contribution is -2.52. The lowest BCUT2D eigenvalue weighted by atomic mass is 9.80. The summed E-state index contributed by atoms with van der Waals surface area (Å²) in [6.07, 6.45) is 8.99. The van der Waals surface area contributed by atoms with E-state index in [9.17, 15) is 0 Å². The molecule has 2 heteroatoms. The van der Waals surface area contributed by atoms with E-state index in [1.807, 2.05) is 0 Å². The molecule has 0 N–H and O–H groups in total. The first-order chi connectivity index (χ1) is 11.1. The van der Waals surface area contributed by atoms with Crippen LogP contribution in [0.1, 0.15) is 77.3 Å². The fraction of sp³-hybridized carbons (Fsp3) is 0.714. The third kappa shape index (κ3) is 2.69. The summed E-state index contributed by atoms with van der Waals surface area (Å²) < 4.78 is 6.57. The van der Waals surface area contributed by atoms with Gasteiger partial charge in [0.05, 0.1) is 0 Å². The van der Waals surface area contributed by atoms with Crippen LogP contribution >= 0.6 is 0 Å². The Morgan fingerprint density at radius 2 is 1.65 bits per heavy atom. The van der Waals surface area contributed by atoms with Gasteiger partial charge in [0.2, 0.25) is 0 Å². The van der Waals surface area contributed by atoms with E-state index < -0.39 is 0 Å². The Morgan fingerprint density at radius 1 is 1.00 bits per heavy atom. The number of nitrogens with zero attached hydrogens (tertiary/aromatic N) is 1. The van der Waals surface area contributed by atoms with Crippen molar-refractivity contribution in [1.29, 1.82) is 0 Å². The number of fused-ring (bicyclic) bond motifs is 1. The van der Waals surface area contributed by atoms with Gasteiger partial charge in [-0.15, -0.1) is 0 Å². The van der Waals surface area contributed by atoms with E-state index in [-0.39, 0.29) is 5.60 Å². The molecule has 3 aliphatic rings. The molecule has 1 saturated heterocycles. The Bertz CT molecular complexity index is 551. The highest BCUT2D eigenvalue weighted by molar-refractivity contribution is 5.39. The molecule has 23 heavy (non-hydrogen) atoms. The molecule has 0 aromatic heterocycles. The molecule has 4 rings (SSSR count). The lowest BCUT2D eigenvalue weighted by Gasteiger charge is -2.51. The summed E-state index contributed by atoms with van der Waals surface area (Å²) in [5, 5.41) is 0. The highest BCUT2D eigenvalue weighted by Gasteiger charge is 2.47. The number of ether oxygens (including phenoxy) is 1. The van der Waals surface area contributed by atoms with E-state index >= 15 is 0 Å². The average Bonchev–Trinajstić information content (AvgIpc) is 2.94. The zero-order chi connectivity index (χ0) is 16.0. The van der Waals surface area contributed by atoms with Crippen molar-refractivity contribution >= 4 is 0 Å². The van der Waals surface area contributed by atoms with E-state index in [0.29, 0.717) is 18.1 Å². The first-order valence-electron chi connectivity index (χ1n) is 9.63. The Kier molecular flexibility index (Phi) is 3.91. The van der Waals surface area contributed by atoms with Crippen molar-refractivity contribution in [3.63, 3.8) is 0 Å². The second-order valence-corrected chi connectivity index (χ2v) is 8.47. The maximum absolute atomic E-state index is 6.57. The average molecular weight is 313 g/mol. The Labute approximate surface area is 141 Å². The van der Waals surface area contributed by atoms with Gasteiger partial charge in [-0.05, 0) is 64.4 Å². The molecule has 126 valence electrons. The van der Waals surface area contributed by atoms with Crippen molar-refractivity contribution in [3.8, 4) is 5.75 Å². The maximum Gasteiger partial charge on any atom is 0.124 e. The maximum atomic E-state index is 6.57. The van der Waals surface area contributed by atoms with E-state index in [4.69, 9.17) is 4.74 Å². The SMILES string of the molecule is CC1CC(C)N(C2CC3(CCCC3)Oc3ccccc32)C(C)C1. The molecule has 2 fully saturated rings. The van der Waals surface area contributed by atoms with Crippen LogP contribution in [0.3, 0.4) is 0 Å². The lowest BCUT2D eigenvalue weighted by molar-refractivity contribution is -0.0358. The zero-order valence-corrected chi connectivity index (χ0v) is 14.9. The molecule has 2 aliphatic heterocycles. The minimum atomic E-state index is 0.113. The first kappa shape index (κ1) is 15.5. The number of hydrogen-bond donors (Lipinski definition) is 0. The molecule has 0 radical (unpaired) electrons. The molecule has 1 aromatic carbocycles. The summed E-state index contributed by atoms with van der Waals surface area (Å²) in [5.74, 6) is 2.01. The summed E-state index contributed by atoms with van der Waals surface area (Å²) >= 11 is 0. The Morgan fingerprint density at radius 3 is 2.35 bits per heavy atom. The van der Waals surface area contributed by atoms with E-state index in [2.05, 4.69) is 49.9 Å². The summed E-state index contributed by atoms with van der Waals surface area (Å²) in [7, 11) is 0. The van der Waals surface area contributed by atoms with Gasteiger partial charge in [0.25, 0.3) is 0 Å². The molecule has 1 spiro atoms. The van der Waals surface area contributed by atoms with Crippen molar-refractivity contribution < 1.29 is 4.74 Å². The third-order valence-corrected chi connectivity index (χ3v) is 6.55. The molecule has 1 aromatic rings. The van der Waals surface area contributed by atoms with Gasteiger partial charge in [-0.3, -0.25) is 4.90 Å². The number of likely N-dealkylation sites (tertiary alicyclic amines) is 1. The normalized spacial score (nSPS) is 36.7. The summed E-state index contributed by atoms with van der Waals surface area (Å²) in [6.45, 7) is 7.29. The van der Waals surface area contributed by atoms with E-state index in [0.717, 1.165) is 11.7 Å². The highest BCUT2D eigenvalue weighted by atomic mass is 16.5. The summed E-state index contributed by atoms with van der Waals surface area (Å²) in [6, 6.07) is 10.7. The molecule has 0 bridgehead atoms. The van der Waals surface area contributed by atoms with Gasteiger partial charge in [-0.2, -0.15) is 0 Å². The molecule has 0 amide bonds. The standard InChI is InChI=1S/C21H31NO/c1-15-12-16(2)22(17(3)13-15)19-14-21(10-6-7-11-21)23-20-9-5-4-8-18(19)20/h4-5,8-9,15-17,19H,6-7,10-14H2,1-3H3. The van der Waals surface area contributed by atoms with Crippen molar-refractivity contribution in [2.45, 2.75) is 89.4 Å². The summed E-state index contributed by atoms with van der Waals surface area (Å²) in [4.78, 5) is 2.82. The molecule has 1 saturated carbocycles. The van der Waals surface area contributed by atoms with Gasteiger partial charge in [-0.25, -0.2) is 0 Å². The number of hydrogen-bond acceptors (Lipinski definition) is 2. The first-order valence-corrected chi connectivity index (χ1v) is 9.63. The van der Waals surface area contributed by atoms with Gasteiger partial charge in [0.15, 0.2) is 0 Å². The van der Waals surface area contributed by atoms with Crippen LogP contribution in [0.15, 0.2) is 24.3 Å². The van der Waals surface area contributed by atoms with Crippen LogP contribution in [-0.4, -0.2) is 22.6 Å². The second kappa shape index (κ2) is 5.81. The molecule has 3 unspecified atom stereocenters. The molecular weight excluding hydrogens is 282 g/mol. The predicted octanol–water partition coefficient (Wildman–Crippen LogP) is 5.33. The minimum absolute atomic E-state index is 0.113. The van der Waals surface area contributed by atoms with Crippen molar-refractivity contribution in [3.05, 3.63) is 29.8 Å². The van der Waals surface area contributed by atoms with Gasteiger partial charge in [-0.1, -0.05) is 25.1 Å². The number of rotatable bonds is 1. The van der Waals surface area contributed by atoms with Crippen LogP contribution in [0, 0.1) is 5.92 Å². The third-order valence-electron chi connectivity index (χ3n) is 6.55. The van der Waals surface area contributed by atoms with Crippen molar-refractivity contribution in [1.82, 2.24) is 4.90 Å². The van der Waals surface area contributed by atoms with Crippen LogP contribution in [-0.2, 0) is 0 Å². The second-order valence-electron chi connectivity index (χ2n) is 8.47. The molecular formula is C21H31NO. The Balaban J connectivity index is 1.71. The number of para-hydroxylation sites is 1. The van der Waals surface area contributed by atoms with Gasteiger partial charge < -0.3 is 4.74 Å². The van der Waals surface area contributed by atoms with Crippen LogP contribution in [0.2, 0.25) is 0 Å². The minimum Gasteiger partial charge on any atom is -0.487 e. The van der Waals surface area contributed by atoms with Gasteiger partial charge in [0, 0.05) is 30.1 Å². The zero-order valence-electron chi connectivity index (χ0n) is 14.9. The molecule has 3 atom stereocenters. The molecule has 2 heterocycles. The quantitative estimate of drug-likeness (QED) is 0.694. The monoisotopic (exact) mass is 313 g/mol. The smallest absolute Gasteiger partial charge is 0.124 e. The van der Waals surface area contributed by atoms with Crippen LogP contribution in [0.25, 0.3) is 0 Å². The molecule has 1 aliphatic carbocycles. The van der Waals surface area contributed by atoms with E-state index in [1.54, 1.807) is 0 Å². The van der Waals surface area contributed by atoms with Crippen LogP contribution in [0.4, 0.5) is 0 Å². The van der Waals surface area contributed by atoms with E-state index in [1.165, 1.54) is 50.5 Å². The van der Waals surface area contributed by atoms with Crippen LogP contribution < -0.4 is 4.74 Å². The fourth-order valence-electron chi connectivity index (χ4n) is 5.73. The highest BCUT2D eigenvalue weighted by Crippen LogP contribution is 2.51. The summed E-state index contributed by atoms with van der Waals surface area (Å²) in [5.41, 5.74) is 1.54. The van der Waals surface area contributed by atoms with Crippen LogP contribution in [0.5, 0.6) is 5.75 Å². The predicted molar refractivity (Wildman–Crippen MR) is 94.8 cm³/mol. The number of benzene rings is 1. The Hall–Kier alpha value is -1.02. The van der Waals surface area contributed by atoms with Gasteiger partial charge >= 0.3 is 0 Å². The topological polar surface area (TPSA) is 12.5 Å². The van der Waals surface area contributed by atoms with Crippen molar-refractivity contribution in [2.24, 2.45) is 5.92 Å².